The topological polar surface area (TPSA) is 338 Å². The standard InChI is InChI=1S/C14H24N2O4Si.C13H24N2O5Si.C9H14N2O3.C7H8N2O3.C6H15ClOSi.C2H6O.CH4.K.Na.H2O.H/c1-6-20-14(18)12-13(17)11(2)9-16(15-12)10-19-7-8-21(3,4)5;1-5-19-20-9-11-13(17)12(16)8-15(14-11)10-18-6-7-21(2,3)4;1-4-13-14-6-8-9(12)7(2)5-11(3)10-8;1-4-3-9(2)8-5(6(4)10)7(11)12;1-9(2,3)5-4-8-6-7;1-2-3;;;;;/h9H,6-8,10H2,1-5H3;8,16H,5-7,9-10H2,1-4H3;5H,4,6H2,1-3H3;3H,1-2H3,(H,11,12);4-6H2,1-3H3;3H,2H2,1H3;1H4;;;1H2;/q;;;;;;;2*+1;;-1/p-1. The van der Waals surface area contributed by atoms with E-state index in [9.17, 15) is 33.9 Å². The third-order valence-electron chi connectivity index (χ3n) is 9.63. The van der Waals surface area contributed by atoms with E-state index >= 15 is 0 Å². The average molecular weight is 1300 g/mol. The van der Waals surface area contributed by atoms with Crippen molar-refractivity contribution in [1.29, 1.82) is 0 Å². The molecule has 0 aliphatic rings. The summed E-state index contributed by atoms with van der Waals surface area (Å²) in [5.41, 5.74) is -0.283. The number of aromatic nitrogens is 8. The Labute approximate surface area is 569 Å². The van der Waals surface area contributed by atoms with Gasteiger partial charge in [-0.15, -0.1) is 0 Å². The van der Waals surface area contributed by atoms with Crippen LogP contribution in [0, 0.1) is 20.8 Å². The molecule has 474 valence electrons. The van der Waals surface area contributed by atoms with Crippen LogP contribution < -0.4 is 103 Å². The smallest absolute Gasteiger partial charge is 1.00 e. The zero-order valence-corrected chi connectivity index (χ0v) is 61.8. The Morgan fingerprint density at radius 3 is 1.37 bits per heavy atom. The van der Waals surface area contributed by atoms with Gasteiger partial charge in [-0.05, 0) is 66.6 Å². The molecule has 4 rings (SSSR count). The normalized spacial score (nSPS) is 10.5. The minimum Gasteiger partial charge on any atom is -1.00 e. The maximum Gasteiger partial charge on any atom is 1.00 e. The summed E-state index contributed by atoms with van der Waals surface area (Å²) in [5, 5.41) is 41.3. The molecule has 0 radical (unpaired) electrons. The van der Waals surface area contributed by atoms with E-state index in [2.05, 4.69) is 84.2 Å². The number of ether oxygens (including phenoxy) is 4. The van der Waals surface area contributed by atoms with E-state index < -0.39 is 58.1 Å². The molecule has 0 fully saturated rings. The molecule has 4 aromatic heterocycles. The Kier molecular flexibility index (Phi) is 55.5. The second-order valence-corrected chi connectivity index (χ2v) is 38.1. The number of aryl methyl sites for hydroxylation is 5. The van der Waals surface area contributed by atoms with E-state index in [1.54, 1.807) is 72.7 Å². The molecule has 4 heterocycles. The van der Waals surface area contributed by atoms with Crippen LogP contribution in [0.4, 0.5) is 0 Å². The van der Waals surface area contributed by atoms with Crippen LogP contribution in [0.1, 0.15) is 85.6 Å². The number of nitrogens with zero attached hydrogens (tertiary/aromatic N) is 8. The Hall–Kier alpha value is -2.52. The maximum absolute atomic E-state index is 11.9. The van der Waals surface area contributed by atoms with Crippen molar-refractivity contribution in [3.05, 3.63) is 105 Å². The number of carbonyl (C=O) groups is 2. The van der Waals surface area contributed by atoms with Crippen LogP contribution in [0.25, 0.3) is 0 Å². The van der Waals surface area contributed by atoms with Gasteiger partial charge in [-0.2, -0.15) is 20.4 Å². The number of aliphatic hydroxyl groups is 1. The van der Waals surface area contributed by atoms with Crippen LogP contribution in [0.2, 0.25) is 77.1 Å². The molecular formula is C52H97ClKN8NaO18Si3. The van der Waals surface area contributed by atoms with Gasteiger partial charge >= 0.3 is 92.9 Å². The second-order valence-electron chi connectivity index (χ2n) is 21.0. The van der Waals surface area contributed by atoms with Crippen LogP contribution in [0.5, 0.6) is 5.75 Å². The van der Waals surface area contributed by atoms with Crippen molar-refractivity contribution in [3.63, 3.8) is 0 Å². The molecule has 0 amide bonds. The number of hydrogen-bond acceptors (Lipinski definition) is 21. The van der Waals surface area contributed by atoms with Crippen molar-refractivity contribution >= 4 is 47.8 Å². The molecule has 84 heavy (non-hydrogen) atoms. The Morgan fingerprint density at radius 1 is 0.583 bits per heavy atom. The zero-order chi connectivity index (χ0) is 61.8. The molecule has 0 unspecified atom stereocenters. The number of hydrogen-bond donors (Lipinski definition) is 3. The number of esters is 1. The summed E-state index contributed by atoms with van der Waals surface area (Å²) >= 11 is 5.32. The number of carboxylic acid groups (broad SMARTS) is 1. The second kappa shape index (κ2) is 50.4. The fraction of sp³-hybridized carbons (Fsp3) is 0.654. The number of aliphatic hydroxyl groups excluding tert-OH is 1. The molecule has 0 atom stereocenters. The van der Waals surface area contributed by atoms with Crippen LogP contribution in [-0.4, -0.2) is 148 Å². The number of alkyl halides is 1. The molecule has 26 nitrogen and oxygen atoms in total. The molecule has 4 aromatic rings. The minimum absolute atomic E-state index is 0. The SMILES string of the molecule is C.CCO.CCOC(=O)c1nn(COCC[Si](C)(C)C)cc(C)c1=O.CCOOCc1nn(C)cc(C)c1=O.CCOOCc1nn(COCC[Si](C)(C)C)cc(O)c1=O.C[Si](C)(C)CCOCCl.Cc1cn(C)nc(C(=O)O)c1=O.[H-].[K+].[Na+].[OH-]. The third kappa shape index (κ3) is 44.8. The summed E-state index contributed by atoms with van der Waals surface area (Å²) in [4.78, 5) is 87.3. The minimum atomic E-state index is -1.29. The van der Waals surface area contributed by atoms with Crippen molar-refractivity contribution in [3.8, 4) is 5.75 Å². The van der Waals surface area contributed by atoms with E-state index in [4.69, 9.17) is 55.4 Å². The summed E-state index contributed by atoms with van der Waals surface area (Å²) in [5.74, 6) is -2.37. The van der Waals surface area contributed by atoms with Gasteiger partial charge in [0.25, 0.3) is 0 Å². The van der Waals surface area contributed by atoms with Gasteiger partial charge < -0.3 is 41.2 Å². The predicted molar refractivity (Wildman–Crippen MR) is 323 cm³/mol. The van der Waals surface area contributed by atoms with Crippen molar-refractivity contribution in [2.45, 2.75) is 160 Å². The number of halogens is 1. The molecule has 0 saturated heterocycles. The van der Waals surface area contributed by atoms with Crippen LogP contribution in [0.15, 0.2) is 44.0 Å². The summed E-state index contributed by atoms with van der Waals surface area (Å²) in [6.07, 6.45) is 5.99. The number of carbonyl (C=O) groups excluding carboxylic acids is 1. The van der Waals surface area contributed by atoms with Crippen LogP contribution in [-0.2, 0) is 79.3 Å². The first kappa shape index (κ1) is 92.6. The van der Waals surface area contributed by atoms with Crippen molar-refractivity contribution in [2.24, 2.45) is 14.1 Å². The van der Waals surface area contributed by atoms with E-state index in [0.717, 1.165) is 18.7 Å². The number of carboxylic acids is 1. The Balaban J connectivity index is -0.000000179. The van der Waals surface area contributed by atoms with Gasteiger partial charge in [0.2, 0.25) is 33.1 Å². The summed E-state index contributed by atoms with van der Waals surface area (Å²) < 4.78 is 26.7. The maximum atomic E-state index is 11.9. The van der Waals surface area contributed by atoms with Crippen LogP contribution in [0.3, 0.4) is 0 Å². The predicted octanol–water partition coefficient (Wildman–Crippen LogP) is 1.23. The molecule has 0 aliphatic carbocycles. The van der Waals surface area contributed by atoms with Gasteiger partial charge in [0.1, 0.15) is 44.1 Å². The Morgan fingerprint density at radius 2 is 0.964 bits per heavy atom. The monoisotopic (exact) mass is 1300 g/mol. The molecule has 0 spiro atoms. The number of aromatic hydroxyl groups is 1. The quantitative estimate of drug-likeness (QED) is 0.0210. The molecule has 0 bridgehead atoms. The first-order chi connectivity index (χ1) is 37.2. The zero-order valence-electron chi connectivity index (χ0n) is 53.9. The van der Waals surface area contributed by atoms with Crippen molar-refractivity contribution in [1.82, 2.24) is 39.1 Å². The van der Waals surface area contributed by atoms with Gasteiger partial charge in [0, 0.05) is 100 Å². The van der Waals surface area contributed by atoms with Gasteiger partial charge in [-0.1, -0.05) is 78.0 Å². The molecule has 32 heteroatoms. The van der Waals surface area contributed by atoms with E-state index in [1.807, 2.05) is 6.92 Å². The van der Waals surface area contributed by atoms with E-state index in [0.29, 0.717) is 54.9 Å². The van der Waals surface area contributed by atoms with Crippen molar-refractivity contribution in [2.75, 3.05) is 52.3 Å². The molecular weight excluding hydrogens is 1210 g/mol. The largest absolute Gasteiger partial charge is 1.00 e. The van der Waals surface area contributed by atoms with Crippen molar-refractivity contribution < 1.29 is 151 Å². The van der Waals surface area contributed by atoms with E-state index in [1.165, 1.54) is 32.5 Å². The summed E-state index contributed by atoms with van der Waals surface area (Å²) in [6.45, 7) is 36.2. The molecule has 0 saturated carbocycles. The first-order valence-corrected chi connectivity index (χ1v) is 37.6. The number of aromatic carboxylic acids is 1. The van der Waals surface area contributed by atoms with Gasteiger partial charge in [0.05, 0.1) is 26.0 Å². The molecule has 0 aliphatic heterocycles. The first-order valence-electron chi connectivity index (χ1n) is 26.0. The van der Waals surface area contributed by atoms with Gasteiger partial charge in [0.15, 0.2) is 5.75 Å². The third-order valence-corrected chi connectivity index (χ3v) is 14.9. The average Bonchev–Trinajstić information content (AvgIpc) is 3.35. The summed E-state index contributed by atoms with van der Waals surface area (Å²) in [6, 6.07) is 3.64. The van der Waals surface area contributed by atoms with Gasteiger partial charge in [-0.3, -0.25) is 28.5 Å². The van der Waals surface area contributed by atoms with Gasteiger partial charge in [-0.25, -0.2) is 38.5 Å². The molecule has 0 aromatic carbocycles. The van der Waals surface area contributed by atoms with Crippen LogP contribution >= 0.6 is 11.6 Å². The van der Waals surface area contributed by atoms with E-state index in [-0.39, 0.29) is 158 Å². The number of rotatable bonds is 25. The molecule has 4 N–H and O–H groups in total. The Bertz CT molecular complexity index is 2700. The summed E-state index contributed by atoms with van der Waals surface area (Å²) in [7, 11) is 0.179. The fourth-order valence-electron chi connectivity index (χ4n) is 5.50. The fourth-order valence-corrected chi connectivity index (χ4v) is 7.88.